The summed E-state index contributed by atoms with van der Waals surface area (Å²) in [6.07, 6.45) is 2.25. The van der Waals surface area contributed by atoms with E-state index in [1.807, 2.05) is 18.2 Å². The maximum atomic E-state index is 6.08. The zero-order valence-corrected chi connectivity index (χ0v) is 12.4. The van der Waals surface area contributed by atoms with Gasteiger partial charge in [-0.1, -0.05) is 42.3 Å². The predicted molar refractivity (Wildman–Crippen MR) is 83.8 cm³/mol. The molecule has 2 aromatic rings. The van der Waals surface area contributed by atoms with Crippen molar-refractivity contribution in [3.05, 3.63) is 23.2 Å². The molecular formula is C12H14ClN3S2. The van der Waals surface area contributed by atoms with Crippen molar-refractivity contribution in [2.24, 2.45) is 0 Å². The Balaban J connectivity index is 2.03. The van der Waals surface area contributed by atoms with E-state index in [0.29, 0.717) is 10.1 Å². The summed E-state index contributed by atoms with van der Waals surface area (Å²) in [6, 6.07) is 5.76. The van der Waals surface area contributed by atoms with Gasteiger partial charge in [-0.25, -0.2) is 4.98 Å². The maximum Gasteiger partial charge on any atom is 0.190 e. The summed E-state index contributed by atoms with van der Waals surface area (Å²) in [6.45, 7) is 3.03. The van der Waals surface area contributed by atoms with E-state index in [2.05, 4.69) is 22.5 Å². The molecule has 0 aliphatic rings. The number of hydrogen-bond acceptors (Lipinski definition) is 3. The molecule has 0 aliphatic carbocycles. The number of nitrogens with zero attached hydrogens (tertiary/aromatic N) is 1. The molecule has 0 spiro atoms. The molecule has 96 valence electrons. The van der Waals surface area contributed by atoms with Crippen LogP contribution < -0.4 is 10.6 Å². The van der Waals surface area contributed by atoms with Crippen LogP contribution in [-0.2, 0) is 0 Å². The third-order valence-electron chi connectivity index (χ3n) is 2.41. The first-order chi connectivity index (χ1) is 8.70. The highest BCUT2D eigenvalue weighted by Gasteiger charge is 2.07. The average Bonchev–Trinajstić information content (AvgIpc) is 2.73. The van der Waals surface area contributed by atoms with Crippen molar-refractivity contribution in [3.8, 4) is 0 Å². The number of thiazole rings is 1. The van der Waals surface area contributed by atoms with Gasteiger partial charge in [-0.15, -0.1) is 0 Å². The Morgan fingerprint density at radius 2 is 2.33 bits per heavy atom. The average molecular weight is 300 g/mol. The summed E-state index contributed by atoms with van der Waals surface area (Å²) in [5.74, 6) is 0. The summed E-state index contributed by atoms with van der Waals surface area (Å²) >= 11 is 12.8. The summed E-state index contributed by atoms with van der Waals surface area (Å²) in [5.41, 5.74) is 0.822. The Bertz CT molecular complexity index is 553. The van der Waals surface area contributed by atoms with Gasteiger partial charge in [-0.05, 0) is 30.8 Å². The van der Waals surface area contributed by atoms with Gasteiger partial charge in [-0.2, -0.15) is 0 Å². The van der Waals surface area contributed by atoms with E-state index in [4.69, 9.17) is 23.8 Å². The van der Waals surface area contributed by atoms with Gasteiger partial charge in [0, 0.05) is 6.54 Å². The van der Waals surface area contributed by atoms with Crippen LogP contribution in [0.5, 0.6) is 0 Å². The number of halogens is 1. The summed E-state index contributed by atoms with van der Waals surface area (Å²) in [4.78, 5) is 4.43. The van der Waals surface area contributed by atoms with E-state index < -0.39 is 0 Å². The molecule has 0 fully saturated rings. The Labute approximate surface area is 121 Å². The highest BCUT2D eigenvalue weighted by Crippen LogP contribution is 2.30. The van der Waals surface area contributed by atoms with Gasteiger partial charge in [0.15, 0.2) is 10.2 Å². The lowest BCUT2D eigenvalue weighted by Gasteiger charge is -2.06. The van der Waals surface area contributed by atoms with Crippen molar-refractivity contribution in [1.82, 2.24) is 10.3 Å². The number of aromatic nitrogens is 1. The maximum absolute atomic E-state index is 6.08. The van der Waals surface area contributed by atoms with E-state index in [0.717, 1.165) is 34.7 Å². The molecule has 2 N–H and O–H groups in total. The number of rotatable bonds is 4. The lowest BCUT2D eigenvalue weighted by Crippen LogP contribution is -2.29. The first-order valence-electron chi connectivity index (χ1n) is 5.80. The molecule has 2 rings (SSSR count). The number of thiocarbonyl (C=S) groups is 1. The summed E-state index contributed by atoms with van der Waals surface area (Å²) in [7, 11) is 0. The number of anilines is 1. The summed E-state index contributed by atoms with van der Waals surface area (Å²) in [5, 5.41) is 8.28. The predicted octanol–water partition coefficient (Wildman–Crippen LogP) is 4.04. The molecular weight excluding hydrogens is 286 g/mol. The number of fused-ring (bicyclic) bond motifs is 1. The van der Waals surface area contributed by atoms with Crippen LogP contribution in [0, 0.1) is 0 Å². The lowest BCUT2D eigenvalue weighted by atomic mass is 10.3. The fraction of sp³-hybridized carbons (Fsp3) is 0.333. The smallest absolute Gasteiger partial charge is 0.190 e. The molecule has 18 heavy (non-hydrogen) atoms. The van der Waals surface area contributed by atoms with Crippen molar-refractivity contribution < 1.29 is 0 Å². The van der Waals surface area contributed by atoms with E-state index in [1.54, 1.807) is 11.3 Å². The SMILES string of the molecule is CCCCNC(=S)Nc1nc2c(Cl)cccc2s1. The molecule has 1 heterocycles. The first-order valence-corrected chi connectivity index (χ1v) is 7.41. The minimum absolute atomic E-state index is 0.610. The molecule has 0 amide bonds. The van der Waals surface area contributed by atoms with E-state index in [9.17, 15) is 0 Å². The topological polar surface area (TPSA) is 37.0 Å². The van der Waals surface area contributed by atoms with E-state index in [-0.39, 0.29) is 0 Å². The highest BCUT2D eigenvalue weighted by atomic mass is 35.5. The molecule has 0 saturated carbocycles. The molecule has 3 nitrogen and oxygen atoms in total. The van der Waals surface area contributed by atoms with Crippen LogP contribution in [0.25, 0.3) is 10.2 Å². The highest BCUT2D eigenvalue weighted by molar-refractivity contribution is 7.80. The fourth-order valence-electron chi connectivity index (χ4n) is 1.49. The second kappa shape index (κ2) is 6.31. The van der Waals surface area contributed by atoms with Crippen LogP contribution in [0.3, 0.4) is 0 Å². The van der Waals surface area contributed by atoms with Crippen LogP contribution in [0.4, 0.5) is 5.13 Å². The number of benzene rings is 1. The molecule has 0 saturated heterocycles. The fourth-order valence-corrected chi connectivity index (χ4v) is 2.92. The largest absolute Gasteiger partial charge is 0.362 e. The third-order valence-corrected chi connectivity index (χ3v) is 3.89. The van der Waals surface area contributed by atoms with Gasteiger partial charge >= 0.3 is 0 Å². The minimum Gasteiger partial charge on any atom is -0.362 e. The molecule has 6 heteroatoms. The van der Waals surface area contributed by atoms with Gasteiger partial charge in [0.25, 0.3) is 0 Å². The standard InChI is InChI=1S/C12H14ClN3S2/c1-2-3-7-14-11(17)16-12-15-10-8(13)5-4-6-9(10)18-12/h4-6H,2-3,7H2,1H3,(H2,14,15,16,17). The first kappa shape index (κ1) is 13.5. The molecule has 0 radical (unpaired) electrons. The van der Waals surface area contributed by atoms with Gasteiger partial charge in [0.2, 0.25) is 0 Å². The number of para-hydroxylation sites is 1. The van der Waals surface area contributed by atoms with Crippen molar-refractivity contribution in [3.63, 3.8) is 0 Å². The van der Waals surface area contributed by atoms with Crippen molar-refractivity contribution in [1.29, 1.82) is 0 Å². The van der Waals surface area contributed by atoms with Gasteiger partial charge in [0.1, 0.15) is 5.52 Å². The zero-order valence-electron chi connectivity index (χ0n) is 10.00. The third kappa shape index (κ3) is 3.31. The lowest BCUT2D eigenvalue weighted by molar-refractivity contribution is 0.758. The number of hydrogen-bond donors (Lipinski definition) is 2. The Hall–Kier alpha value is -0.910. The molecule has 0 unspecified atom stereocenters. The second-order valence-electron chi connectivity index (χ2n) is 3.84. The van der Waals surface area contributed by atoms with Crippen LogP contribution in [-0.4, -0.2) is 16.6 Å². The van der Waals surface area contributed by atoms with E-state index >= 15 is 0 Å². The normalized spacial score (nSPS) is 10.6. The second-order valence-corrected chi connectivity index (χ2v) is 5.69. The Morgan fingerprint density at radius 3 is 3.06 bits per heavy atom. The van der Waals surface area contributed by atoms with Gasteiger partial charge < -0.3 is 10.6 Å². The monoisotopic (exact) mass is 299 g/mol. The Morgan fingerprint density at radius 1 is 1.50 bits per heavy atom. The quantitative estimate of drug-likeness (QED) is 0.660. The van der Waals surface area contributed by atoms with Crippen molar-refractivity contribution in [2.75, 3.05) is 11.9 Å². The van der Waals surface area contributed by atoms with Crippen LogP contribution in [0.15, 0.2) is 18.2 Å². The zero-order chi connectivity index (χ0) is 13.0. The Kier molecular flexibility index (Phi) is 4.74. The van der Waals surface area contributed by atoms with Gasteiger partial charge in [0.05, 0.1) is 9.72 Å². The van der Waals surface area contributed by atoms with Crippen LogP contribution in [0.2, 0.25) is 5.02 Å². The molecule has 0 bridgehead atoms. The van der Waals surface area contributed by atoms with Crippen molar-refractivity contribution in [2.45, 2.75) is 19.8 Å². The molecule has 1 aromatic carbocycles. The van der Waals surface area contributed by atoms with Crippen LogP contribution >= 0.6 is 35.2 Å². The number of unbranched alkanes of at least 4 members (excludes halogenated alkanes) is 1. The van der Waals surface area contributed by atoms with Gasteiger partial charge in [-0.3, -0.25) is 0 Å². The summed E-state index contributed by atoms with van der Waals surface area (Å²) < 4.78 is 1.06. The van der Waals surface area contributed by atoms with Crippen molar-refractivity contribution >= 4 is 55.6 Å². The minimum atomic E-state index is 0.610. The van der Waals surface area contributed by atoms with Crippen LogP contribution in [0.1, 0.15) is 19.8 Å². The molecule has 0 atom stereocenters. The molecule has 0 aliphatic heterocycles. The van der Waals surface area contributed by atoms with E-state index in [1.165, 1.54) is 0 Å². The molecule has 1 aromatic heterocycles. The number of nitrogens with one attached hydrogen (secondary N) is 2.